The van der Waals surface area contributed by atoms with E-state index in [2.05, 4.69) is 54.8 Å². The predicted molar refractivity (Wildman–Crippen MR) is 116 cm³/mol. The first kappa shape index (κ1) is 20.3. The molecule has 0 aliphatic carbocycles. The van der Waals surface area contributed by atoms with E-state index in [0.717, 1.165) is 10.4 Å². The van der Waals surface area contributed by atoms with Gasteiger partial charge in [0.1, 0.15) is 5.00 Å². The Labute approximate surface area is 172 Å². The molecule has 7 heteroatoms. The van der Waals surface area contributed by atoms with Crippen LogP contribution in [-0.4, -0.2) is 18.4 Å². The van der Waals surface area contributed by atoms with Gasteiger partial charge in [-0.1, -0.05) is 44.2 Å². The molecule has 28 heavy (non-hydrogen) atoms. The number of hydrogen-bond acceptors (Lipinski definition) is 5. The third-order valence-electron chi connectivity index (χ3n) is 4.41. The zero-order valence-electron chi connectivity index (χ0n) is 15.8. The Kier molecular flexibility index (Phi) is 6.61. The van der Waals surface area contributed by atoms with Crippen LogP contribution in [0.5, 0.6) is 0 Å². The van der Waals surface area contributed by atoms with E-state index < -0.39 is 5.91 Å². The van der Waals surface area contributed by atoms with Crippen molar-refractivity contribution < 1.29 is 9.59 Å². The summed E-state index contributed by atoms with van der Waals surface area (Å²) in [5.74, 6) is -0.297. The van der Waals surface area contributed by atoms with Crippen LogP contribution in [0.25, 0.3) is 0 Å². The van der Waals surface area contributed by atoms with Crippen LogP contribution in [0, 0.1) is 0 Å². The van der Waals surface area contributed by atoms with Crippen LogP contribution in [0.2, 0.25) is 0 Å². The lowest BCUT2D eigenvalue weighted by molar-refractivity contribution is -0.115. The number of nitrogens with two attached hydrogens (primary N) is 1. The lowest BCUT2D eigenvalue weighted by Gasteiger charge is -2.19. The van der Waals surface area contributed by atoms with E-state index in [9.17, 15) is 9.59 Å². The van der Waals surface area contributed by atoms with E-state index in [0.29, 0.717) is 16.5 Å². The number of nitrogens with one attached hydrogen (secondary N) is 2. The van der Waals surface area contributed by atoms with Gasteiger partial charge in [-0.2, -0.15) is 0 Å². The Morgan fingerprint density at radius 1 is 1.00 bits per heavy atom. The van der Waals surface area contributed by atoms with Crippen molar-refractivity contribution in [2.75, 3.05) is 11.9 Å². The first-order valence-corrected chi connectivity index (χ1v) is 10.8. The van der Waals surface area contributed by atoms with Crippen molar-refractivity contribution in [1.29, 1.82) is 0 Å². The highest BCUT2D eigenvalue weighted by Crippen LogP contribution is 2.27. The summed E-state index contributed by atoms with van der Waals surface area (Å²) < 4.78 is 0. The number of carbonyl (C=O) groups excluding carboxylic acids is 2. The normalized spacial score (nSPS) is 12.1. The molecule has 0 fully saturated rings. The molecule has 3 aromatic rings. The monoisotopic (exact) mass is 413 g/mol. The van der Waals surface area contributed by atoms with Crippen LogP contribution in [0.15, 0.2) is 53.2 Å². The lowest BCUT2D eigenvalue weighted by Crippen LogP contribution is -2.31. The molecule has 0 aliphatic rings. The Hall–Kier alpha value is -2.48. The van der Waals surface area contributed by atoms with Crippen molar-refractivity contribution >= 4 is 39.5 Å². The minimum absolute atomic E-state index is 0.0779. The summed E-state index contributed by atoms with van der Waals surface area (Å²) in [5, 5.41) is 10.3. The van der Waals surface area contributed by atoms with Gasteiger partial charge in [0.2, 0.25) is 5.91 Å². The maximum Gasteiger partial charge on any atom is 0.251 e. The molecule has 5 nitrogen and oxygen atoms in total. The number of primary amides is 1. The molecule has 2 amide bonds. The number of carbonyl (C=O) groups is 2. The highest BCUT2D eigenvalue weighted by molar-refractivity contribution is 7.14. The third-order valence-corrected chi connectivity index (χ3v) is 6.18. The Balaban J connectivity index is 1.71. The van der Waals surface area contributed by atoms with Crippen molar-refractivity contribution in [1.82, 2.24) is 5.32 Å². The maximum atomic E-state index is 12.4. The molecule has 0 unspecified atom stereocenters. The van der Waals surface area contributed by atoms with Gasteiger partial charge in [-0.05, 0) is 39.9 Å². The largest absolute Gasteiger partial charge is 0.366 e. The van der Waals surface area contributed by atoms with E-state index in [4.69, 9.17) is 5.73 Å². The summed E-state index contributed by atoms with van der Waals surface area (Å²) >= 11 is 2.93. The number of amides is 2. The fourth-order valence-electron chi connectivity index (χ4n) is 2.88. The zero-order valence-corrected chi connectivity index (χ0v) is 17.4. The quantitative estimate of drug-likeness (QED) is 0.513. The molecule has 0 spiro atoms. The standard InChI is InChI=1S/C21H23N3O2S2/c1-13(2)14-5-7-15(8-6-14)19(17-4-3-10-27-17)23-12-18(25)24-21-16(20(22)26)9-11-28-21/h3-11,13,19,23H,12H2,1-2H3,(H2,22,26)(H,24,25)/t19-/m0/s1. The van der Waals surface area contributed by atoms with Gasteiger partial charge in [0.15, 0.2) is 0 Å². The third kappa shape index (κ3) is 4.86. The fourth-order valence-corrected chi connectivity index (χ4v) is 4.51. The molecule has 0 saturated heterocycles. The van der Waals surface area contributed by atoms with Crippen LogP contribution in [-0.2, 0) is 4.79 Å². The predicted octanol–water partition coefficient (Wildman–Crippen LogP) is 4.35. The van der Waals surface area contributed by atoms with E-state index in [-0.39, 0.29) is 18.5 Å². The Morgan fingerprint density at radius 3 is 2.32 bits per heavy atom. The summed E-state index contributed by atoms with van der Waals surface area (Å²) in [4.78, 5) is 25.0. The first-order chi connectivity index (χ1) is 13.5. The SMILES string of the molecule is CC(C)c1ccc([C@H](NCC(=O)Nc2sccc2C(N)=O)c2cccs2)cc1. The summed E-state index contributed by atoms with van der Waals surface area (Å²) in [5.41, 5.74) is 8.05. The molecular formula is C21H23N3O2S2. The molecule has 0 aliphatic heterocycles. The average molecular weight is 414 g/mol. The lowest BCUT2D eigenvalue weighted by atomic mass is 9.98. The van der Waals surface area contributed by atoms with Gasteiger partial charge in [-0.15, -0.1) is 22.7 Å². The topological polar surface area (TPSA) is 84.2 Å². The van der Waals surface area contributed by atoms with E-state index in [1.807, 2.05) is 11.4 Å². The smallest absolute Gasteiger partial charge is 0.251 e. The molecule has 3 rings (SSSR count). The van der Waals surface area contributed by atoms with E-state index in [1.165, 1.54) is 16.9 Å². The molecule has 2 heterocycles. The molecule has 0 radical (unpaired) electrons. The van der Waals surface area contributed by atoms with Gasteiger partial charge >= 0.3 is 0 Å². The Bertz CT molecular complexity index is 931. The molecule has 146 valence electrons. The summed E-state index contributed by atoms with van der Waals surface area (Å²) in [6.45, 7) is 4.45. The van der Waals surface area contributed by atoms with Crippen molar-refractivity contribution in [3.63, 3.8) is 0 Å². The molecule has 1 atom stereocenters. The molecule has 0 saturated carbocycles. The fraction of sp³-hybridized carbons (Fsp3) is 0.238. The number of hydrogen-bond donors (Lipinski definition) is 3. The van der Waals surface area contributed by atoms with Crippen LogP contribution in [0.3, 0.4) is 0 Å². The summed E-state index contributed by atoms with van der Waals surface area (Å²) in [6.07, 6.45) is 0. The number of anilines is 1. The van der Waals surface area contributed by atoms with Crippen molar-refractivity contribution in [2.45, 2.75) is 25.8 Å². The zero-order chi connectivity index (χ0) is 20.1. The van der Waals surface area contributed by atoms with Gasteiger partial charge in [-0.3, -0.25) is 14.9 Å². The average Bonchev–Trinajstić information content (AvgIpc) is 3.34. The minimum Gasteiger partial charge on any atom is -0.366 e. The summed E-state index contributed by atoms with van der Waals surface area (Å²) in [6, 6.07) is 14.1. The van der Waals surface area contributed by atoms with Gasteiger partial charge in [0, 0.05) is 4.88 Å². The van der Waals surface area contributed by atoms with Crippen molar-refractivity contribution in [2.24, 2.45) is 5.73 Å². The molecule has 2 aromatic heterocycles. The second-order valence-electron chi connectivity index (χ2n) is 6.73. The Morgan fingerprint density at radius 2 is 1.71 bits per heavy atom. The molecule has 4 N–H and O–H groups in total. The van der Waals surface area contributed by atoms with Gasteiger partial charge < -0.3 is 11.1 Å². The molecule has 1 aromatic carbocycles. The first-order valence-electron chi connectivity index (χ1n) is 8.99. The molecular weight excluding hydrogens is 390 g/mol. The highest BCUT2D eigenvalue weighted by Gasteiger charge is 2.18. The summed E-state index contributed by atoms with van der Waals surface area (Å²) in [7, 11) is 0. The molecule has 0 bridgehead atoms. The van der Waals surface area contributed by atoms with Crippen LogP contribution < -0.4 is 16.4 Å². The van der Waals surface area contributed by atoms with Crippen LogP contribution in [0.1, 0.15) is 52.2 Å². The van der Waals surface area contributed by atoms with Crippen molar-refractivity contribution in [3.05, 3.63) is 74.8 Å². The van der Waals surface area contributed by atoms with Crippen LogP contribution in [0.4, 0.5) is 5.00 Å². The van der Waals surface area contributed by atoms with Crippen LogP contribution >= 0.6 is 22.7 Å². The van der Waals surface area contributed by atoms with E-state index >= 15 is 0 Å². The number of benzene rings is 1. The van der Waals surface area contributed by atoms with E-state index in [1.54, 1.807) is 22.8 Å². The van der Waals surface area contributed by atoms with Gasteiger partial charge in [-0.25, -0.2) is 0 Å². The second-order valence-corrected chi connectivity index (χ2v) is 8.62. The van der Waals surface area contributed by atoms with Gasteiger partial charge in [0.25, 0.3) is 5.91 Å². The highest BCUT2D eigenvalue weighted by atomic mass is 32.1. The second kappa shape index (κ2) is 9.14. The van der Waals surface area contributed by atoms with Gasteiger partial charge in [0.05, 0.1) is 18.2 Å². The number of rotatable bonds is 8. The van der Waals surface area contributed by atoms with Crippen molar-refractivity contribution in [3.8, 4) is 0 Å². The maximum absolute atomic E-state index is 12.4. The minimum atomic E-state index is -0.550. The number of thiophene rings is 2.